The van der Waals surface area contributed by atoms with E-state index in [0.29, 0.717) is 16.9 Å². The van der Waals surface area contributed by atoms with Crippen LogP contribution in [-0.2, 0) is 0 Å². The predicted octanol–water partition coefficient (Wildman–Crippen LogP) is 5.38. The van der Waals surface area contributed by atoms with Crippen molar-refractivity contribution in [3.8, 4) is 0 Å². The van der Waals surface area contributed by atoms with Crippen molar-refractivity contribution < 1.29 is 0 Å². The summed E-state index contributed by atoms with van der Waals surface area (Å²) in [4.78, 5) is 0. The molecule has 2 aliphatic rings. The van der Waals surface area contributed by atoms with Gasteiger partial charge in [-0.2, -0.15) is 0 Å². The first kappa shape index (κ1) is 13.5. The summed E-state index contributed by atoms with van der Waals surface area (Å²) in [5.41, 5.74) is 3.55. The van der Waals surface area contributed by atoms with Crippen molar-refractivity contribution in [3.05, 3.63) is 28.2 Å². The number of hydrogen-bond donors (Lipinski definition) is 1. The van der Waals surface area contributed by atoms with Crippen molar-refractivity contribution in [1.29, 1.82) is 0 Å². The summed E-state index contributed by atoms with van der Waals surface area (Å²) in [5.74, 6) is 0.891. The molecule has 104 valence electrons. The summed E-state index contributed by atoms with van der Waals surface area (Å²) in [6.07, 6.45) is 4.12. The summed E-state index contributed by atoms with van der Waals surface area (Å²) >= 11 is 3.58. The molecular weight excluding hydrogens is 298 g/mol. The Labute approximate surface area is 125 Å². The highest BCUT2D eigenvalue weighted by atomic mass is 79.9. The van der Waals surface area contributed by atoms with Gasteiger partial charge in [-0.3, -0.25) is 0 Å². The summed E-state index contributed by atoms with van der Waals surface area (Å²) in [6, 6.07) is 7.15. The third-order valence-electron chi connectivity index (χ3n) is 6.32. The Hall–Kier alpha value is -0.500. The highest BCUT2D eigenvalue weighted by Gasteiger charge is 2.61. The van der Waals surface area contributed by atoms with Crippen LogP contribution in [0.15, 0.2) is 22.7 Å². The van der Waals surface area contributed by atoms with Gasteiger partial charge in [0, 0.05) is 16.2 Å². The largest absolute Gasteiger partial charge is 0.381 e. The molecule has 1 N–H and O–H groups in total. The predicted molar refractivity (Wildman–Crippen MR) is 85.5 cm³/mol. The number of anilines is 1. The fourth-order valence-electron chi connectivity index (χ4n) is 4.36. The van der Waals surface area contributed by atoms with Crippen LogP contribution in [0.4, 0.5) is 5.69 Å². The zero-order chi connectivity index (χ0) is 13.8. The first-order chi connectivity index (χ1) is 8.84. The van der Waals surface area contributed by atoms with Crippen LogP contribution < -0.4 is 5.32 Å². The molecule has 1 aromatic carbocycles. The molecule has 1 nitrogen and oxygen atoms in total. The van der Waals surface area contributed by atoms with E-state index in [-0.39, 0.29) is 0 Å². The topological polar surface area (TPSA) is 12.0 Å². The van der Waals surface area contributed by atoms with Crippen molar-refractivity contribution >= 4 is 21.6 Å². The molecule has 2 bridgehead atoms. The molecule has 0 aromatic heterocycles. The van der Waals surface area contributed by atoms with Crippen LogP contribution in [0.1, 0.15) is 45.6 Å². The average Bonchev–Trinajstić information content (AvgIpc) is 2.67. The number of fused-ring (bicyclic) bond motifs is 2. The van der Waals surface area contributed by atoms with Gasteiger partial charge in [0.05, 0.1) is 0 Å². The molecule has 3 rings (SSSR count). The lowest BCUT2D eigenvalue weighted by molar-refractivity contribution is 0.142. The number of nitrogens with one attached hydrogen (secondary N) is 1. The lowest BCUT2D eigenvalue weighted by Gasteiger charge is -2.40. The maximum Gasteiger partial charge on any atom is 0.0383 e. The number of benzene rings is 1. The van der Waals surface area contributed by atoms with Gasteiger partial charge in [0.15, 0.2) is 0 Å². The van der Waals surface area contributed by atoms with Crippen molar-refractivity contribution in [1.82, 2.24) is 0 Å². The van der Waals surface area contributed by atoms with Crippen LogP contribution in [-0.4, -0.2) is 6.04 Å². The molecule has 1 aromatic rings. The molecule has 0 spiro atoms. The molecule has 2 aliphatic carbocycles. The summed E-state index contributed by atoms with van der Waals surface area (Å²) in [5, 5.41) is 3.85. The molecular formula is C17H24BrN. The number of aryl methyl sites for hydroxylation is 1. The second kappa shape index (κ2) is 4.25. The Balaban J connectivity index is 1.88. The molecule has 3 atom stereocenters. The molecule has 2 heteroatoms. The molecule has 0 heterocycles. The molecule has 0 amide bonds. The molecule has 0 saturated heterocycles. The van der Waals surface area contributed by atoms with Crippen LogP contribution >= 0.6 is 15.9 Å². The monoisotopic (exact) mass is 321 g/mol. The minimum Gasteiger partial charge on any atom is -0.381 e. The normalized spacial score (nSPS) is 35.6. The van der Waals surface area contributed by atoms with Gasteiger partial charge in [0.2, 0.25) is 0 Å². The minimum absolute atomic E-state index is 0.437. The lowest BCUT2D eigenvalue weighted by atomic mass is 9.69. The van der Waals surface area contributed by atoms with E-state index in [0.717, 1.165) is 10.4 Å². The Morgan fingerprint density at radius 1 is 1.26 bits per heavy atom. The van der Waals surface area contributed by atoms with Crippen LogP contribution in [0.2, 0.25) is 0 Å². The minimum atomic E-state index is 0.437. The lowest BCUT2D eigenvalue weighted by Crippen LogP contribution is -2.40. The molecule has 0 aliphatic heterocycles. The van der Waals surface area contributed by atoms with Crippen molar-refractivity contribution in [2.45, 2.75) is 53.0 Å². The van der Waals surface area contributed by atoms with Gasteiger partial charge >= 0.3 is 0 Å². The number of halogens is 1. The van der Waals surface area contributed by atoms with E-state index >= 15 is 0 Å². The average molecular weight is 322 g/mol. The van der Waals surface area contributed by atoms with Crippen molar-refractivity contribution in [2.75, 3.05) is 5.32 Å². The molecule has 0 radical (unpaired) electrons. The van der Waals surface area contributed by atoms with Gasteiger partial charge in [-0.1, -0.05) is 42.8 Å². The Morgan fingerprint density at radius 2 is 2.00 bits per heavy atom. The molecule has 2 fully saturated rings. The second-order valence-electron chi connectivity index (χ2n) is 7.27. The van der Waals surface area contributed by atoms with Gasteiger partial charge in [0.25, 0.3) is 0 Å². The van der Waals surface area contributed by atoms with Gasteiger partial charge in [-0.05, 0) is 60.6 Å². The van der Waals surface area contributed by atoms with E-state index in [4.69, 9.17) is 0 Å². The van der Waals surface area contributed by atoms with Gasteiger partial charge < -0.3 is 5.32 Å². The first-order valence-corrected chi connectivity index (χ1v) is 8.16. The van der Waals surface area contributed by atoms with Crippen LogP contribution in [0.3, 0.4) is 0 Å². The Bertz CT molecular complexity index is 508. The number of hydrogen-bond acceptors (Lipinski definition) is 1. The second-order valence-corrected chi connectivity index (χ2v) is 8.18. The fraction of sp³-hybridized carbons (Fsp3) is 0.647. The summed E-state index contributed by atoms with van der Waals surface area (Å²) in [6.45, 7) is 9.63. The van der Waals surface area contributed by atoms with E-state index in [1.165, 1.54) is 30.5 Å². The van der Waals surface area contributed by atoms with Crippen LogP contribution in [0.25, 0.3) is 0 Å². The molecule has 19 heavy (non-hydrogen) atoms. The zero-order valence-corrected chi connectivity index (χ0v) is 14.0. The van der Waals surface area contributed by atoms with E-state index in [2.05, 4.69) is 67.1 Å². The summed E-state index contributed by atoms with van der Waals surface area (Å²) < 4.78 is 1.16. The quantitative estimate of drug-likeness (QED) is 0.770. The van der Waals surface area contributed by atoms with E-state index in [9.17, 15) is 0 Å². The van der Waals surface area contributed by atoms with Gasteiger partial charge in [0.1, 0.15) is 0 Å². The Morgan fingerprint density at radius 3 is 2.58 bits per heavy atom. The van der Waals surface area contributed by atoms with Gasteiger partial charge in [-0.15, -0.1) is 0 Å². The first-order valence-electron chi connectivity index (χ1n) is 7.37. The van der Waals surface area contributed by atoms with Crippen molar-refractivity contribution in [2.24, 2.45) is 16.7 Å². The van der Waals surface area contributed by atoms with Crippen LogP contribution in [0, 0.1) is 23.7 Å². The number of rotatable bonds is 2. The third kappa shape index (κ3) is 1.86. The molecule has 2 saturated carbocycles. The zero-order valence-electron chi connectivity index (χ0n) is 12.4. The highest BCUT2D eigenvalue weighted by molar-refractivity contribution is 9.10. The van der Waals surface area contributed by atoms with Gasteiger partial charge in [-0.25, -0.2) is 0 Å². The maximum atomic E-state index is 3.85. The van der Waals surface area contributed by atoms with Crippen molar-refractivity contribution in [3.63, 3.8) is 0 Å². The van der Waals surface area contributed by atoms with E-state index in [1.807, 2.05) is 0 Å². The standard InChI is InChI=1S/C17H24BrN/c1-11-5-6-13(18)10-14(11)19-15-9-12-7-8-17(15,4)16(12,2)3/h5-6,10,12,15,19H,7-9H2,1-4H3. The third-order valence-corrected chi connectivity index (χ3v) is 6.82. The van der Waals surface area contributed by atoms with E-state index in [1.54, 1.807) is 0 Å². The fourth-order valence-corrected chi connectivity index (χ4v) is 4.72. The smallest absolute Gasteiger partial charge is 0.0383 e. The Kier molecular flexibility index (Phi) is 3.01. The maximum absolute atomic E-state index is 3.85. The molecule has 3 unspecified atom stereocenters. The van der Waals surface area contributed by atoms with E-state index < -0.39 is 0 Å². The van der Waals surface area contributed by atoms with Crippen LogP contribution in [0.5, 0.6) is 0 Å². The SMILES string of the molecule is Cc1ccc(Br)cc1NC1CC2CCC1(C)C2(C)C. The highest BCUT2D eigenvalue weighted by Crippen LogP contribution is 2.65. The summed E-state index contributed by atoms with van der Waals surface area (Å²) in [7, 11) is 0.